The molecule has 10 heteroatoms. The first-order valence-electron chi connectivity index (χ1n) is 7.12. The number of carbonyl (C=O) groups excluding carboxylic acids is 2. The fourth-order valence-electron chi connectivity index (χ4n) is 1.44. The number of aliphatic carboxylic acids is 1. The molecule has 0 saturated heterocycles. The smallest absolute Gasteiger partial charge is 0.414 e. The van der Waals surface area contributed by atoms with Crippen LogP contribution in [0.3, 0.4) is 0 Å². The van der Waals surface area contributed by atoms with E-state index in [4.69, 9.17) is 9.84 Å². The van der Waals surface area contributed by atoms with E-state index in [9.17, 15) is 22.8 Å². The summed E-state index contributed by atoms with van der Waals surface area (Å²) in [4.78, 5) is 34.1. The molecule has 1 atom stereocenters. The Balaban J connectivity index is 4.68. The third-order valence-electron chi connectivity index (χ3n) is 2.42. The Morgan fingerprint density at radius 2 is 1.78 bits per heavy atom. The topological polar surface area (TPSA) is 139 Å². The normalized spacial score (nSPS) is 13.2. The quantitative estimate of drug-likeness (QED) is 0.581. The number of hydrogen-bond donors (Lipinski definition) is 3. The Bertz CT molecular complexity index is 537. The van der Waals surface area contributed by atoms with Gasteiger partial charge in [-0.2, -0.15) is 0 Å². The lowest BCUT2D eigenvalue weighted by molar-refractivity contribution is -0.141. The molecule has 0 aromatic carbocycles. The molecule has 2 amide bonds. The van der Waals surface area contributed by atoms with Gasteiger partial charge in [0, 0.05) is 0 Å². The van der Waals surface area contributed by atoms with E-state index in [1.165, 1.54) is 0 Å². The van der Waals surface area contributed by atoms with Crippen molar-refractivity contribution < 1.29 is 32.6 Å². The Kier molecular flexibility index (Phi) is 8.18. The van der Waals surface area contributed by atoms with Gasteiger partial charge in [-0.3, -0.25) is 14.9 Å². The van der Waals surface area contributed by atoms with Crippen LogP contribution in [0.2, 0.25) is 0 Å². The van der Waals surface area contributed by atoms with E-state index in [0.717, 1.165) is 0 Å². The summed E-state index contributed by atoms with van der Waals surface area (Å²) in [5, 5.41) is 10.9. The molecule has 0 heterocycles. The Hall–Kier alpha value is -1.68. The molecular formula is C13H24N2O7S. The van der Waals surface area contributed by atoms with Crippen molar-refractivity contribution >= 4 is 28.0 Å². The number of amides is 2. The highest BCUT2D eigenvalue weighted by molar-refractivity contribution is 7.89. The number of sulfonamides is 1. The lowest BCUT2D eigenvalue weighted by atomic mass is 10.2. The Morgan fingerprint density at radius 3 is 2.22 bits per heavy atom. The fourth-order valence-corrected chi connectivity index (χ4v) is 2.85. The van der Waals surface area contributed by atoms with E-state index in [0.29, 0.717) is 12.8 Å². The van der Waals surface area contributed by atoms with Crippen LogP contribution >= 0.6 is 0 Å². The number of nitrogens with one attached hydrogen (secondary N) is 2. The highest BCUT2D eigenvalue weighted by Crippen LogP contribution is 2.07. The van der Waals surface area contributed by atoms with Crippen molar-refractivity contribution in [1.82, 2.24) is 10.0 Å². The minimum Gasteiger partial charge on any atom is -0.480 e. The molecule has 0 aliphatic carbocycles. The van der Waals surface area contributed by atoms with Gasteiger partial charge in [0.2, 0.25) is 15.9 Å². The molecule has 134 valence electrons. The van der Waals surface area contributed by atoms with E-state index >= 15 is 0 Å². The summed E-state index contributed by atoms with van der Waals surface area (Å²) in [6.07, 6.45) is -0.760. The molecule has 0 saturated carbocycles. The molecule has 0 aromatic heterocycles. The Morgan fingerprint density at radius 1 is 1.22 bits per heavy atom. The molecule has 0 fully saturated rings. The van der Waals surface area contributed by atoms with E-state index in [2.05, 4.69) is 0 Å². The second-order valence-electron chi connectivity index (χ2n) is 5.94. The zero-order chi connectivity index (χ0) is 18.3. The molecule has 0 aromatic rings. The van der Waals surface area contributed by atoms with Gasteiger partial charge >= 0.3 is 12.1 Å². The number of unbranched alkanes of at least 4 members (excludes halogenated alkanes) is 1. The number of hydrogen-bond acceptors (Lipinski definition) is 6. The maximum atomic E-state index is 11.7. The van der Waals surface area contributed by atoms with Crippen LogP contribution in [-0.2, 0) is 24.3 Å². The van der Waals surface area contributed by atoms with E-state index in [-0.39, 0.29) is 5.75 Å². The Labute approximate surface area is 135 Å². The van der Waals surface area contributed by atoms with Gasteiger partial charge in [0.15, 0.2) is 0 Å². The van der Waals surface area contributed by atoms with Crippen molar-refractivity contribution in [2.24, 2.45) is 0 Å². The average Bonchev–Trinajstić information content (AvgIpc) is 2.32. The number of rotatable bonds is 8. The number of alkyl carbamates (subject to hydrolysis) is 1. The van der Waals surface area contributed by atoms with Crippen LogP contribution in [0.5, 0.6) is 0 Å². The average molecular weight is 352 g/mol. The lowest BCUT2D eigenvalue weighted by Crippen LogP contribution is -2.46. The van der Waals surface area contributed by atoms with Gasteiger partial charge in [-0.05, 0) is 27.2 Å². The minimum absolute atomic E-state index is 0.235. The van der Waals surface area contributed by atoms with Gasteiger partial charge in [-0.25, -0.2) is 17.9 Å². The predicted octanol–water partition coefficient (Wildman–Crippen LogP) is 0.601. The number of carbonyl (C=O) groups is 3. The predicted molar refractivity (Wildman–Crippen MR) is 82.2 cm³/mol. The van der Waals surface area contributed by atoms with E-state index < -0.39 is 46.1 Å². The third kappa shape index (κ3) is 10.6. The summed E-state index contributed by atoms with van der Waals surface area (Å²) < 4.78 is 30.2. The molecule has 3 N–H and O–H groups in total. The third-order valence-corrected chi connectivity index (χ3v) is 3.89. The van der Waals surface area contributed by atoms with Crippen molar-refractivity contribution in [3.05, 3.63) is 0 Å². The second kappa shape index (κ2) is 8.82. The van der Waals surface area contributed by atoms with Crippen molar-refractivity contribution in [1.29, 1.82) is 0 Å². The second-order valence-corrected chi connectivity index (χ2v) is 7.81. The number of carboxylic acids is 1. The van der Waals surface area contributed by atoms with Crippen molar-refractivity contribution in [2.75, 3.05) is 5.75 Å². The van der Waals surface area contributed by atoms with Crippen LogP contribution in [0, 0.1) is 0 Å². The van der Waals surface area contributed by atoms with Crippen LogP contribution in [0.1, 0.15) is 47.0 Å². The first kappa shape index (κ1) is 21.3. The molecule has 23 heavy (non-hydrogen) atoms. The molecule has 0 radical (unpaired) electrons. The standard InChI is InChI=1S/C13H24N2O7S/c1-5-6-7-23(20,21)15-9(11(17)18)8-10(16)14-12(19)22-13(2,3)4/h9,15H,5-8H2,1-4H3,(H,17,18)(H,14,16,19)/t9-/m0/s1. The fraction of sp³-hybridized carbons (Fsp3) is 0.769. The first-order chi connectivity index (χ1) is 10.4. The van der Waals surface area contributed by atoms with Crippen LogP contribution in [0.15, 0.2) is 0 Å². The summed E-state index contributed by atoms with van der Waals surface area (Å²) in [6, 6.07) is -1.65. The van der Waals surface area contributed by atoms with Gasteiger partial charge < -0.3 is 9.84 Å². The number of ether oxygens (including phenoxy) is 1. The minimum atomic E-state index is -3.82. The van der Waals surface area contributed by atoms with Crippen LogP contribution in [-0.4, -0.2) is 48.9 Å². The molecule has 0 aliphatic rings. The van der Waals surface area contributed by atoms with Crippen LogP contribution in [0.25, 0.3) is 0 Å². The molecule has 0 bridgehead atoms. The van der Waals surface area contributed by atoms with Gasteiger partial charge in [0.05, 0.1) is 12.2 Å². The van der Waals surface area contributed by atoms with Gasteiger partial charge in [0.25, 0.3) is 0 Å². The zero-order valence-electron chi connectivity index (χ0n) is 13.7. The van der Waals surface area contributed by atoms with Gasteiger partial charge in [0.1, 0.15) is 11.6 Å². The summed E-state index contributed by atoms with van der Waals surface area (Å²) in [7, 11) is -3.82. The van der Waals surface area contributed by atoms with Gasteiger partial charge in [-0.1, -0.05) is 13.3 Å². The summed E-state index contributed by atoms with van der Waals surface area (Å²) in [6.45, 7) is 6.58. The molecule has 0 unspecified atom stereocenters. The highest BCUT2D eigenvalue weighted by Gasteiger charge is 2.27. The monoisotopic (exact) mass is 352 g/mol. The summed E-state index contributed by atoms with van der Waals surface area (Å²) in [5.74, 6) is -2.70. The van der Waals surface area contributed by atoms with Crippen molar-refractivity contribution in [2.45, 2.75) is 58.6 Å². The molecule has 9 nitrogen and oxygen atoms in total. The van der Waals surface area contributed by atoms with Gasteiger partial charge in [-0.15, -0.1) is 0 Å². The molecular weight excluding hydrogens is 328 g/mol. The van der Waals surface area contributed by atoms with E-state index in [1.807, 2.05) is 10.0 Å². The van der Waals surface area contributed by atoms with E-state index in [1.54, 1.807) is 27.7 Å². The van der Waals surface area contributed by atoms with Crippen LogP contribution < -0.4 is 10.0 Å². The van der Waals surface area contributed by atoms with Crippen molar-refractivity contribution in [3.8, 4) is 0 Å². The van der Waals surface area contributed by atoms with Crippen molar-refractivity contribution in [3.63, 3.8) is 0 Å². The lowest BCUT2D eigenvalue weighted by Gasteiger charge is -2.19. The zero-order valence-corrected chi connectivity index (χ0v) is 14.5. The molecule has 0 rings (SSSR count). The SMILES string of the molecule is CCCCS(=O)(=O)N[C@@H](CC(=O)NC(=O)OC(C)(C)C)C(=O)O. The maximum Gasteiger partial charge on any atom is 0.414 e. The summed E-state index contributed by atoms with van der Waals surface area (Å²) >= 11 is 0. The maximum absolute atomic E-state index is 11.7. The molecule has 0 aliphatic heterocycles. The molecule has 0 spiro atoms. The highest BCUT2D eigenvalue weighted by atomic mass is 32.2. The number of imide groups is 1. The largest absolute Gasteiger partial charge is 0.480 e. The van der Waals surface area contributed by atoms with Crippen LogP contribution in [0.4, 0.5) is 4.79 Å². The summed E-state index contributed by atoms with van der Waals surface area (Å²) in [5.41, 5.74) is -0.821. The number of carboxylic acid groups (broad SMARTS) is 1. The first-order valence-corrected chi connectivity index (χ1v) is 8.77.